The number of hydrogen-bond donors (Lipinski definition) is 1. The minimum Gasteiger partial charge on any atom is -0.508 e. The molecule has 1 heteroatoms. The molecule has 0 amide bonds. The lowest BCUT2D eigenvalue weighted by Gasteiger charge is -2.29. The van der Waals surface area contributed by atoms with Gasteiger partial charge in [-0.3, -0.25) is 0 Å². The first kappa shape index (κ1) is 13.8. The van der Waals surface area contributed by atoms with Gasteiger partial charge in [0.1, 0.15) is 5.76 Å². The summed E-state index contributed by atoms with van der Waals surface area (Å²) in [5.74, 6) is 0.336. The summed E-state index contributed by atoms with van der Waals surface area (Å²) >= 11 is 0. The van der Waals surface area contributed by atoms with Gasteiger partial charge in [0.05, 0.1) is 0 Å². The van der Waals surface area contributed by atoms with Crippen LogP contribution in [0.1, 0.15) is 46.5 Å². The largest absolute Gasteiger partial charge is 0.508 e. The SMILES string of the molecule is C=C/C(O)=C1/CCCC/C1=C(/C=C)C(C)(C)C. The Morgan fingerprint density at radius 1 is 1.06 bits per heavy atom. The van der Waals surface area contributed by atoms with Crippen molar-refractivity contribution in [2.24, 2.45) is 5.41 Å². The molecule has 0 aromatic rings. The van der Waals surface area contributed by atoms with Crippen LogP contribution in [-0.4, -0.2) is 5.11 Å². The molecule has 17 heavy (non-hydrogen) atoms. The molecule has 1 fully saturated rings. The van der Waals surface area contributed by atoms with Crippen LogP contribution in [0.3, 0.4) is 0 Å². The third-order valence-corrected chi connectivity index (χ3v) is 3.31. The first-order chi connectivity index (χ1) is 7.91. The Morgan fingerprint density at radius 2 is 1.59 bits per heavy atom. The van der Waals surface area contributed by atoms with Gasteiger partial charge >= 0.3 is 0 Å². The molecule has 0 heterocycles. The standard InChI is InChI=1S/C16H24O/c1-6-14(16(3,4)5)12-10-8-9-11-13(12)15(17)7-2/h6-7,17H,1-2,8-11H2,3-5H3/b14-12+,15-13+. The highest BCUT2D eigenvalue weighted by molar-refractivity contribution is 5.46. The Kier molecular flexibility index (Phi) is 4.39. The summed E-state index contributed by atoms with van der Waals surface area (Å²) in [6, 6.07) is 0. The van der Waals surface area contributed by atoms with Crippen molar-refractivity contribution in [3.05, 3.63) is 47.8 Å². The van der Waals surface area contributed by atoms with Gasteiger partial charge in [-0.15, -0.1) is 0 Å². The van der Waals surface area contributed by atoms with Crippen LogP contribution in [0.4, 0.5) is 0 Å². The summed E-state index contributed by atoms with van der Waals surface area (Å²) in [6.07, 6.45) is 7.80. The van der Waals surface area contributed by atoms with Gasteiger partial charge in [0.2, 0.25) is 0 Å². The summed E-state index contributed by atoms with van der Waals surface area (Å²) < 4.78 is 0. The Hall–Kier alpha value is -1.24. The predicted molar refractivity (Wildman–Crippen MR) is 75.0 cm³/mol. The van der Waals surface area contributed by atoms with E-state index in [2.05, 4.69) is 33.9 Å². The topological polar surface area (TPSA) is 20.2 Å². The average Bonchev–Trinajstić information content (AvgIpc) is 2.28. The monoisotopic (exact) mass is 232 g/mol. The van der Waals surface area contributed by atoms with Crippen molar-refractivity contribution in [1.29, 1.82) is 0 Å². The lowest BCUT2D eigenvalue weighted by atomic mass is 9.76. The number of hydrogen-bond acceptors (Lipinski definition) is 1. The van der Waals surface area contributed by atoms with Crippen LogP contribution in [-0.2, 0) is 0 Å². The van der Waals surface area contributed by atoms with E-state index in [1.54, 1.807) is 6.08 Å². The van der Waals surface area contributed by atoms with Gasteiger partial charge < -0.3 is 5.11 Å². The summed E-state index contributed by atoms with van der Waals surface area (Å²) in [5.41, 5.74) is 3.66. The molecule has 0 spiro atoms. The Labute approximate surface area is 105 Å². The van der Waals surface area contributed by atoms with Gasteiger partial charge in [0.15, 0.2) is 0 Å². The van der Waals surface area contributed by atoms with E-state index >= 15 is 0 Å². The zero-order chi connectivity index (χ0) is 13.1. The van der Waals surface area contributed by atoms with Crippen molar-refractivity contribution < 1.29 is 5.11 Å². The van der Waals surface area contributed by atoms with Gasteiger partial charge in [-0.2, -0.15) is 0 Å². The predicted octanol–water partition coefficient (Wildman–Crippen LogP) is 5.09. The highest BCUT2D eigenvalue weighted by Crippen LogP contribution is 2.39. The second kappa shape index (κ2) is 5.39. The molecule has 0 aromatic carbocycles. The van der Waals surface area contributed by atoms with E-state index in [0.29, 0.717) is 5.76 Å². The maximum atomic E-state index is 9.96. The van der Waals surface area contributed by atoms with E-state index in [1.807, 2.05) is 6.08 Å². The lowest BCUT2D eigenvalue weighted by Crippen LogP contribution is -2.14. The van der Waals surface area contributed by atoms with Gasteiger partial charge in [-0.05, 0) is 53.9 Å². The minimum absolute atomic E-state index is 0.0706. The smallest absolute Gasteiger partial charge is 0.118 e. The molecule has 1 aliphatic carbocycles. The molecule has 1 N–H and O–H groups in total. The molecule has 1 nitrogen and oxygen atoms in total. The first-order valence-corrected chi connectivity index (χ1v) is 6.32. The number of allylic oxidation sites excluding steroid dienone is 5. The molecule has 1 rings (SSSR count). The quantitative estimate of drug-likeness (QED) is 0.658. The van der Waals surface area contributed by atoms with E-state index in [0.717, 1.165) is 24.8 Å². The molecule has 0 atom stereocenters. The molecule has 0 unspecified atom stereocenters. The van der Waals surface area contributed by atoms with E-state index in [1.165, 1.54) is 17.6 Å². The molecule has 1 saturated carbocycles. The third-order valence-electron chi connectivity index (χ3n) is 3.31. The van der Waals surface area contributed by atoms with Crippen molar-refractivity contribution in [2.45, 2.75) is 46.5 Å². The maximum absolute atomic E-state index is 9.96. The van der Waals surface area contributed by atoms with Crippen molar-refractivity contribution >= 4 is 0 Å². The molecular formula is C16H24O. The maximum Gasteiger partial charge on any atom is 0.118 e. The molecule has 1 aliphatic rings. The Morgan fingerprint density at radius 3 is 2.00 bits per heavy atom. The zero-order valence-corrected chi connectivity index (χ0v) is 11.3. The Bertz CT molecular complexity index is 375. The van der Waals surface area contributed by atoms with E-state index in [-0.39, 0.29) is 5.41 Å². The van der Waals surface area contributed by atoms with Crippen LogP contribution in [0, 0.1) is 5.41 Å². The van der Waals surface area contributed by atoms with E-state index < -0.39 is 0 Å². The van der Waals surface area contributed by atoms with Crippen LogP contribution >= 0.6 is 0 Å². The fraction of sp³-hybridized carbons (Fsp3) is 0.500. The summed E-state index contributed by atoms with van der Waals surface area (Å²) in [7, 11) is 0. The van der Waals surface area contributed by atoms with Crippen molar-refractivity contribution in [3.8, 4) is 0 Å². The van der Waals surface area contributed by atoms with Crippen molar-refractivity contribution in [2.75, 3.05) is 0 Å². The molecular weight excluding hydrogens is 208 g/mol. The lowest BCUT2D eigenvalue weighted by molar-refractivity contribution is 0.418. The minimum atomic E-state index is 0.0706. The zero-order valence-electron chi connectivity index (χ0n) is 11.3. The summed E-state index contributed by atoms with van der Waals surface area (Å²) in [6.45, 7) is 14.2. The molecule has 0 aromatic heterocycles. The second-order valence-electron chi connectivity index (χ2n) is 5.62. The van der Waals surface area contributed by atoms with Crippen LogP contribution < -0.4 is 0 Å². The van der Waals surface area contributed by atoms with Crippen LogP contribution in [0.2, 0.25) is 0 Å². The fourth-order valence-electron chi connectivity index (χ4n) is 2.49. The Balaban J connectivity index is 3.37. The average molecular weight is 232 g/mol. The summed E-state index contributed by atoms with van der Waals surface area (Å²) in [5, 5.41) is 9.96. The van der Waals surface area contributed by atoms with E-state index in [4.69, 9.17) is 0 Å². The highest BCUT2D eigenvalue weighted by Gasteiger charge is 2.24. The third kappa shape index (κ3) is 3.12. The van der Waals surface area contributed by atoms with Crippen molar-refractivity contribution in [1.82, 2.24) is 0 Å². The van der Waals surface area contributed by atoms with Crippen LogP contribution in [0.25, 0.3) is 0 Å². The van der Waals surface area contributed by atoms with Gasteiger partial charge in [0, 0.05) is 0 Å². The van der Waals surface area contributed by atoms with Crippen LogP contribution in [0.5, 0.6) is 0 Å². The number of aliphatic hydroxyl groups excluding tert-OH is 1. The highest BCUT2D eigenvalue weighted by atomic mass is 16.3. The number of rotatable bonds is 2. The molecule has 94 valence electrons. The van der Waals surface area contributed by atoms with E-state index in [9.17, 15) is 5.11 Å². The molecule has 0 bridgehead atoms. The van der Waals surface area contributed by atoms with Gasteiger partial charge in [0.25, 0.3) is 0 Å². The first-order valence-electron chi connectivity index (χ1n) is 6.32. The second-order valence-corrected chi connectivity index (χ2v) is 5.62. The molecule has 0 radical (unpaired) electrons. The van der Waals surface area contributed by atoms with Crippen LogP contribution in [0.15, 0.2) is 47.8 Å². The fourth-order valence-corrected chi connectivity index (χ4v) is 2.49. The summed E-state index contributed by atoms with van der Waals surface area (Å²) in [4.78, 5) is 0. The normalized spacial score (nSPS) is 23.0. The van der Waals surface area contributed by atoms with Gasteiger partial charge in [-0.25, -0.2) is 0 Å². The van der Waals surface area contributed by atoms with Gasteiger partial charge in [-0.1, -0.05) is 40.0 Å². The molecule has 0 saturated heterocycles. The number of aliphatic hydroxyl groups is 1. The molecule has 0 aliphatic heterocycles. The van der Waals surface area contributed by atoms with Crippen molar-refractivity contribution in [3.63, 3.8) is 0 Å².